The number of hydrogen-bond acceptors (Lipinski definition) is 4. The number of nitrogens with one attached hydrogen (secondary N) is 1. The Bertz CT molecular complexity index is 624. The monoisotopic (exact) mass is 288 g/mol. The van der Waals surface area contributed by atoms with Crippen molar-refractivity contribution >= 4 is 16.7 Å². The summed E-state index contributed by atoms with van der Waals surface area (Å²) in [5.41, 5.74) is 8.57. The Labute approximate surface area is 125 Å². The van der Waals surface area contributed by atoms with Crippen LogP contribution in [0.1, 0.15) is 25.6 Å². The van der Waals surface area contributed by atoms with E-state index in [0.717, 1.165) is 55.0 Å². The number of aromatic amines is 1. The molecule has 0 bridgehead atoms. The van der Waals surface area contributed by atoms with Crippen molar-refractivity contribution in [3.63, 3.8) is 0 Å². The maximum Gasteiger partial charge on any atom is 0.108 e. The highest BCUT2D eigenvalue weighted by Gasteiger charge is 2.30. The first-order valence-corrected chi connectivity index (χ1v) is 7.60. The molecule has 114 valence electrons. The first-order valence-electron chi connectivity index (χ1n) is 7.60. The van der Waals surface area contributed by atoms with Crippen LogP contribution >= 0.6 is 0 Å². The molecule has 1 aromatic heterocycles. The standard InChI is InChI=1S/C16H24N4O/c1-16(21-2)7-3-8-20(11-16)9-6-15-18-13-5-4-12(17)10-14(13)19-15/h4-5,10H,3,6-9,11,17H2,1-2H3,(H,18,19). The summed E-state index contributed by atoms with van der Waals surface area (Å²) >= 11 is 0. The second-order valence-electron chi connectivity index (χ2n) is 6.24. The Hall–Kier alpha value is -1.59. The number of nitrogen functional groups attached to an aromatic ring is 1. The van der Waals surface area contributed by atoms with E-state index in [4.69, 9.17) is 10.5 Å². The highest BCUT2D eigenvalue weighted by molar-refractivity contribution is 5.78. The summed E-state index contributed by atoms with van der Waals surface area (Å²) in [6, 6.07) is 5.80. The van der Waals surface area contributed by atoms with Crippen molar-refractivity contribution in [2.45, 2.75) is 31.8 Å². The minimum Gasteiger partial charge on any atom is -0.399 e. The van der Waals surface area contributed by atoms with Crippen molar-refractivity contribution in [1.29, 1.82) is 0 Å². The quantitative estimate of drug-likeness (QED) is 0.846. The number of piperidine rings is 1. The van der Waals surface area contributed by atoms with Gasteiger partial charge in [0.1, 0.15) is 5.82 Å². The number of aromatic nitrogens is 2. The van der Waals surface area contributed by atoms with Crippen molar-refractivity contribution in [2.75, 3.05) is 32.5 Å². The number of anilines is 1. The van der Waals surface area contributed by atoms with Crippen molar-refractivity contribution < 1.29 is 4.74 Å². The van der Waals surface area contributed by atoms with Crippen LogP contribution in [0, 0.1) is 0 Å². The number of hydrogen-bond donors (Lipinski definition) is 2. The van der Waals surface area contributed by atoms with Gasteiger partial charge in [-0.2, -0.15) is 0 Å². The summed E-state index contributed by atoms with van der Waals surface area (Å²) in [6.07, 6.45) is 3.26. The zero-order valence-electron chi connectivity index (χ0n) is 12.9. The molecule has 1 aliphatic heterocycles. The lowest BCUT2D eigenvalue weighted by molar-refractivity contribution is -0.0503. The number of likely N-dealkylation sites (tertiary alicyclic amines) is 1. The van der Waals surface area contributed by atoms with Gasteiger partial charge in [0.05, 0.1) is 16.6 Å². The Morgan fingerprint density at radius 3 is 3.14 bits per heavy atom. The van der Waals surface area contributed by atoms with E-state index in [2.05, 4.69) is 21.8 Å². The topological polar surface area (TPSA) is 67.2 Å². The number of benzene rings is 1. The minimum absolute atomic E-state index is 0.000574. The summed E-state index contributed by atoms with van der Waals surface area (Å²) in [7, 11) is 1.81. The van der Waals surface area contributed by atoms with E-state index in [9.17, 15) is 0 Å². The normalized spacial score (nSPS) is 23.7. The molecule has 1 atom stereocenters. The van der Waals surface area contributed by atoms with Crippen molar-refractivity contribution in [2.24, 2.45) is 0 Å². The van der Waals surface area contributed by atoms with Gasteiger partial charge < -0.3 is 20.4 Å². The third-order valence-corrected chi connectivity index (χ3v) is 4.45. The number of nitrogens with two attached hydrogens (primary N) is 1. The number of nitrogens with zero attached hydrogens (tertiary/aromatic N) is 2. The Balaban J connectivity index is 1.63. The van der Waals surface area contributed by atoms with Crippen LogP contribution in [0.2, 0.25) is 0 Å². The molecule has 1 unspecified atom stereocenters. The second-order valence-corrected chi connectivity index (χ2v) is 6.24. The summed E-state index contributed by atoms with van der Waals surface area (Å²) in [5.74, 6) is 1.03. The highest BCUT2D eigenvalue weighted by Crippen LogP contribution is 2.24. The average Bonchev–Trinajstić information content (AvgIpc) is 2.87. The number of H-pyrrole nitrogens is 1. The van der Waals surface area contributed by atoms with Crippen LogP contribution < -0.4 is 5.73 Å². The molecule has 21 heavy (non-hydrogen) atoms. The van der Waals surface area contributed by atoms with Gasteiger partial charge in [-0.05, 0) is 44.5 Å². The molecule has 0 spiro atoms. The smallest absolute Gasteiger partial charge is 0.108 e. The van der Waals surface area contributed by atoms with Gasteiger partial charge in [0.25, 0.3) is 0 Å². The summed E-state index contributed by atoms with van der Waals surface area (Å²) in [5, 5.41) is 0. The number of imidazole rings is 1. The zero-order valence-corrected chi connectivity index (χ0v) is 12.9. The molecule has 3 N–H and O–H groups in total. The lowest BCUT2D eigenvalue weighted by Gasteiger charge is -2.39. The van der Waals surface area contributed by atoms with Gasteiger partial charge in [-0.3, -0.25) is 0 Å². The molecule has 5 heteroatoms. The van der Waals surface area contributed by atoms with E-state index in [1.807, 2.05) is 25.3 Å². The van der Waals surface area contributed by atoms with E-state index in [-0.39, 0.29) is 5.60 Å². The maximum atomic E-state index is 5.80. The largest absolute Gasteiger partial charge is 0.399 e. The first kappa shape index (κ1) is 14.4. The van der Waals surface area contributed by atoms with Gasteiger partial charge >= 0.3 is 0 Å². The van der Waals surface area contributed by atoms with E-state index >= 15 is 0 Å². The van der Waals surface area contributed by atoms with Crippen LogP contribution in [0.3, 0.4) is 0 Å². The Morgan fingerprint density at radius 1 is 1.48 bits per heavy atom. The molecule has 0 amide bonds. The minimum atomic E-state index is 0.000574. The summed E-state index contributed by atoms with van der Waals surface area (Å²) < 4.78 is 5.64. The molecule has 0 saturated carbocycles. The SMILES string of the molecule is COC1(C)CCCN(CCc2nc3ccc(N)cc3[nH]2)C1. The molecular formula is C16H24N4O. The first-order chi connectivity index (χ1) is 10.1. The molecule has 1 aromatic carbocycles. The van der Waals surface area contributed by atoms with E-state index in [1.165, 1.54) is 6.42 Å². The second kappa shape index (κ2) is 5.66. The third-order valence-electron chi connectivity index (χ3n) is 4.45. The summed E-state index contributed by atoms with van der Waals surface area (Å²) in [6.45, 7) is 5.35. The zero-order chi connectivity index (χ0) is 14.9. The van der Waals surface area contributed by atoms with E-state index in [1.54, 1.807) is 0 Å². The van der Waals surface area contributed by atoms with E-state index in [0.29, 0.717) is 0 Å². The van der Waals surface area contributed by atoms with Gasteiger partial charge in [-0.1, -0.05) is 0 Å². The predicted molar refractivity (Wildman–Crippen MR) is 85.3 cm³/mol. The Kier molecular flexibility index (Phi) is 3.87. The van der Waals surface area contributed by atoms with Crippen molar-refractivity contribution in [3.05, 3.63) is 24.0 Å². The van der Waals surface area contributed by atoms with Gasteiger partial charge in [0, 0.05) is 32.3 Å². The van der Waals surface area contributed by atoms with Crippen LogP contribution in [0.4, 0.5) is 5.69 Å². The fourth-order valence-corrected chi connectivity index (χ4v) is 3.13. The molecule has 2 heterocycles. The average molecular weight is 288 g/mol. The van der Waals surface area contributed by atoms with Crippen LogP contribution in [-0.2, 0) is 11.2 Å². The van der Waals surface area contributed by atoms with Crippen LogP contribution in [0.5, 0.6) is 0 Å². The molecule has 2 aromatic rings. The maximum absolute atomic E-state index is 5.80. The van der Waals surface area contributed by atoms with Gasteiger partial charge in [0.2, 0.25) is 0 Å². The van der Waals surface area contributed by atoms with Crippen molar-refractivity contribution in [1.82, 2.24) is 14.9 Å². The highest BCUT2D eigenvalue weighted by atomic mass is 16.5. The van der Waals surface area contributed by atoms with Gasteiger partial charge in [0.15, 0.2) is 0 Å². The van der Waals surface area contributed by atoms with Gasteiger partial charge in [-0.25, -0.2) is 4.98 Å². The third kappa shape index (κ3) is 3.19. The lowest BCUT2D eigenvalue weighted by Crippen LogP contribution is -2.47. The molecular weight excluding hydrogens is 264 g/mol. The molecule has 0 radical (unpaired) electrons. The molecule has 1 saturated heterocycles. The molecule has 0 aliphatic carbocycles. The number of ether oxygens (including phenoxy) is 1. The van der Waals surface area contributed by atoms with Crippen LogP contribution in [0.15, 0.2) is 18.2 Å². The molecule has 1 fully saturated rings. The fourth-order valence-electron chi connectivity index (χ4n) is 3.13. The van der Waals surface area contributed by atoms with Crippen LogP contribution in [-0.4, -0.2) is 47.2 Å². The van der Waals surface area contributed by atoms with Gasteiger partial charge in [-0.15, -0.1) is 0 Å². The number of methoxy groups -OCH3 is 1. The fraction of sp³-hybridized carbons (Fsp3) is 0.562. The molecule has 3 rings (SSSR count). The molecule has 5 nitrogen and oxygen atoms in total. The lowest BCUT2D eigenvalue weighted by atomic mass is 9.94. The number of fused-ring (bicyclic) bond motifs is 1. The van der Waals surface area contributed by atoms with E-state index < -0.39 is 0 Å². The predicted octanol–water partition coefficient (Wildman–Crippen LogP) is 2.19. The van der Waals surface area contributed by atoms with Crippen LogP contribution in [0.25, 0.3) is 11.0 Å². The number of rotatable bonds is 4. The Morgan fingerprint density at radius 2 is 2.33 bits per heavy atom. The summed E-state index contributed by atoms with van der Waals surface area (Å²) in [4.78, 5) is 10.5. The van der Waals surface area contributed by atoms with Crippen molar-refractivity contribution in [3.8, 4) is 0 Å². The molecule has 1 aliphatic rings.